The number of hydrazone groups is 1. The van der Waals surface area contributed by atoms with E-state index in [0.717, 1.165) is 22.4 Å². The van der Waals surface area contributed by atoms with Gasteiger partial charge in [-0.25, -0.2) is 5.43 Å². The monoisotopic (exact) mass is 364 g/mol. The molecule has 0 saturated heterocycles. The van der Waals surface area contributed by atoms with Crippen molar-refractivity contribution in [1.82, 2.24) is 5.43 Å². The quantitative estimate of drug-likeness (QED) is 0.512. The minimum Gasteiger partial charge on any atom is -0.507 e. The van der Waals surface area contributed by atoms with Gasteiger partial charge in [-0.2, -0.15) is 5.10 Å². The number of ether oxygens (including phenoxy) is 1. The van der Waals surface area contributed by atoms with Crippen LogP contribution in [0.25, 0.3) is 0 Å². The Kier molecular flexibility index (Phi) is 5.56. The molecular weight excluding hydrogens is 344 g/mol. The molecule has 0 atom stereocenters. The number of nitrogens with one attached hydrogen (secondary N) is 1. The molecule has 6 nitrogen and oxygen atoms in total. The zero-order valence-corrected chi connectivity index (χ0v) is 15.1. The molecule has 0 bridgehead atoms. The highest BCUT2D eigenvalue weighted by atomic mass is 16.5. The van der Waals surface area contributed by atoms with Crippen LogP contribution in [-0.2, 0) is 6.61 Å². The Morgan fingerprint density at radius 2 is 1.85 bits per heavy atom. The van der Waals surface area contributed by atoms with E-state index in [2.05, 4.69) is 10.5 Å². The van der Waals surface area contributed by atoms with E-state index in [1.807, 2.05) is 30.3 Å². The first kappa shape index (κ1) is 18.3. The lowest BCUT2D eigenvalue weighted by Crippen LogP contribution is -2.16. The number of aromatic hydroxyl groups is 1. The standard InChI is InChI=1S/C21H20N2O4/c1-14-10-16(11-15(2)20(14)24)12-22-23-21(25)19-9-8-18(27-19)13-26-17-6-4-3-5-7-17/h3-12,24H,13H2,1-2H3,(H,23,25)/b22-12+. The van der Waals surface area contributed by atoms with Crippen molar-refractivity contribution in [2.24, 2.45) is 5.10 Å². The summed E-state index contributed by atoms with van der Waals surface area (Å²) < 4.78 is 11.1. The summed E-state index contributed by atoms with van der Waals surface area (Å²) in [5, 5.41) is 13.7. The molecule has 0 unspecified atom stereocenters. The molecule has 3 rings (SSSR count). The van der Waals surface area contributed by atoms with Crippen LogP contribution < -0.4 is 10.2 Å². The maximum atomic E-state index is 12.1. The highest BCUT2D eigenvalue weighted by molar-refractivity contribution is 5.92. The fraction of sp³-hybridized carbons (Fsp3) is 0.143. The molecule has 0 fully saturated rings. The molecule has 0 aliphatic carbocycles. The smallest absolute Gasteiger partial charge is 0.307 e. The number of aryl methyl sites for hydroxylation is 2. The van der Waals surface area contributed by atoms with E-state index in [-0.39, 0.29) is 18.1 Å². The van der Waals surface area contributed by atoms with Crippen LogP contribution in [0.4, 0.5) is 0 Å². The Morgan fingerprint density at radius 1 is 1.15 bits per heavy atom. The van der Waals surface area contributed by atoms with E-state index in [4.69, 9.17) is 9.15 Å². The second kappa shape index (κ2) is 8.23. The molecule has 2 aromatic carbocycles. The summed E-state index contributed by atoms with van der Waals surface area (Å²) >= 11 is 0. The lowest BCUT2D eigenvalue weighted by Gasteiger charge is -2.04. The lowest BCUT2D eigenvalue weighted by molar-refractivity contribution is 0.0923. The van der Waals surface area contributed by atoms with Crippen LogP contribution in [0, 0.1) is 13.8 Å². The van der Waals surface area contributed by atoms with Crippen molar-refractivity contribution in [2.45, 2.75) is 20.5 Å². The third-order valence-electron chi connectivity index (χ3n) is 3.90. The van der Waals surface area contributed by atoms with Crippen molar-refractivity contribution >= 4 is 12.1 Å². The minimum absolute atomic E-state index is 0.150. The van der Waals surface area contributed by atoms with Crippen molar-refractivity contribution in [2.75, 3.05) is 0 Å². The van der Waals surface area contributed by atoms with Crippen LogP contribution >= 0.6 is 0 Å². The van der Waals surface area contributed by atoms with E-state index in [0.29, 0.717) is 5.76 Å². The highest BCUT2D eigenvalue weighted by Crippen LogP contribution is 2.22. The fourth-order valence-electron chi connectivity index (χ4n) is 2.53. The third-order valence-corrected chi connectivity index (χ3v) is 3.90. The summed E-state index contributed by atoms with van der Waals surface area (Å²) in [6.07, 6.45) is 1.51. The van der Waals surface area contributed by atoms with E-state index in [1.54, 1.807) is 38.1 Å². The minimum atomic E-state index is -0.454. The van der Waals surface area contributed by atoms with Gasteiger partial charge in [0.25, 0.3) is 0 Å². The molecular formula is C21H20N2O4. The number of nitrogens with zero attached hydrogens (tertiary/aromatic N) is 1. The summed E-state index contributed by atoms with van der Waals surface area (Å²) in [5.74, 6) is 1.22. The Bertz CT molecular complexity index is 938. The second-order valence-corrected chi connectivity index (χ2v) is 6.07. The van der Waals surface area contributed by atoms with Gasteiger partial charge in [0.15, 0.2) is 5.76 Å². The molecule has 0 radical (unpaired) electrons. The first-order chi connectivity index (χ1) is 13.0. The number of carbonyl (C=O) groups excluding carboxylic acids is 1. The Morgan fingerprint density at radius 3 is 2.56 bits per heavy atom. The van der Waals surface area contributed by atoms with Crippen LogP contribution in [0.3, 0.4) is 0 Å². The van der Waals surface area contributed by atoms with Gasteiger partial charge in [-0.3, -0.25) is 4.79 Å². The third kappa shape index (κ3) is 4.76. The Labute approximate surface area is 157 Å². The van der Waals surface area contributed by atoms with Crippen LogP contribution in [0.2, 0.25) is 0 Å². The number of benzene rings is 2. The van der Waals surface area contributed by atoms with Gasteiger partial charge in [-0.05, 0) is 66.9 Å². The summed E-state index contributed by atoms with van der Waals surface area (Å²) in [6, 6.07) is 16.2. The average Bonchev–Trinajstić information content (AvgIpc) is 3.14. The van der Waals surface area contributed by atoms with Gasteiger partial charge in [-0.1, -0.05) is 18.2 Å². The Balaban J connectivity index is 1.56. The maximum absolute atomic E-state index is 12.1. The molecule has 0 spiro atoms. The van der Waals surface area contributed by atoms with Gasteiger partial charge in [0, 0.05) is 0 Å². The van der Waals surface area contributed by atoms with E-state index >= 15 is 0 Å². The zero-order chi connectivity index (χ0) is 19.2. The number of rotatable bonds is 6. The van der Waals surface area contributed by atoms with Crippen molar-refractivity contribution in [3.63, 3.8) is 0 Å². The van der Waals surface area contributed by atoms with Gasteiger partial charge in [-0.15, -0.1) is 0 Å². The predicted molar refractivity (Wildman–Crippen MR) is 102 cm³/mol. The van der Waals surface area contributed by atoms with Crippen molar-refractivity contribution in [3.05, 3.63) is 82.8 Å². The number of carbonyl (C=O) groups is 1. The molecule has 3 aromatic rings. The SMILES string of the molecule is Cc1cc(/C=N/NC(=O)c2ccc(COc3ccccc3)o2)cc(C)c1O. The molecule has 1 aromatic heterocycles. The number of para-hydroxylation sites is 1. The van der Waals surface area contributed by atoms with Crippen molar-refractivity contribution in [1.29, 1.82) is 0 Å². The van der Waals surface area contributed by atoms with Gasteiger partial charge < -0.3 is 14.3 Å². The topological polar surface area (TPSA) is 84.1 Å². The molecule has 27 heavy (non-hydrogen) atoms. The van der Waals surface area contributed by atoms with Gasteiger partial charge in [0.05, 0.1) is 6.21 Å². The summed E-state index contributed by atoms with van der Waals surface area (Å²) in [6.45, 7) is 3.84. The zero-order valence-electron chi connectivity index (χ0n) is 15.1. The van der Waals surface area contributed by atoms with Crippen molar-refractivity contribution < 1.29 is 19.1 Å². The first-order valence-corrected chi connectivity index (χ1v) is 8.43. The maximum Gasteiger partial charge on any atom is 0.307 e. The van der Waals surface area contributed by atoms with Crippen LogP contribution in [0.1, 0.15) is 33.0 Å². The lowest BCUT2D eigenvalue weighted by atomic mass is 10.1. The molecule has 6 heteroatoms. The number of hydrogen-bond donors (Lipinski definition) is 2. The normalized spacial score (nSPS) is 10.9. The molecule has 0 aliphatic heterocycles. The van der Waals surface area contributed by atoms with Crippen LogP contribution in [0.5, 0.6) is 11.5 Å². The molecule has 1 amide bonds. The number of phenolic OH excluding ortho intramolecular Hbond substituents is 1. The molecule has 1 heterocycles. The Hall–Kier alpha value is -3.54. The number of amides is 1. The van der Waals surface area contributed by atoms with Crippen LogP contribution in [0.15, 0.2) is 64.1 Å². The molecule has 0 saturated carbocycles. The molecule has 2 N–H and O–H groups in total. The first-order valence-electron chi connectivity index (χ1n) is 8.43. The number of hydrogen-bond acceptors (Lipinski definition) is 5. The van der Waals surface area contributed by atoms with Gasteiger partial charge >= 0.3 is 5.91 Å². The molecule has 0 aliphatic rings. The van der Waals surface area contributed by atoms with Crippen molar-refractivity contribution in [3.8, 4) is 11.5 Å². The number of furan rings is 1. The van der Waals surface area contributed by atoms with Gasteiger partial charge in [0.1, 0.15) is 23.9 Å². The largest absolute Gasteiger partial charge is 0.507 e. The predicted octanol–water partition coefficient (Wildman–Crippen LogP) is 3.94. The van der Waals surface area contributed by atoms with E-state index < -0.39 is 5.91 Å². The summed E-state index contributed by atoms with van der Waals surface area (Å²) in [4.78, 5) is 12.1. The van der Waals surface area contributed by atoms with E-state index in [9.17, 15) is 9.90 Å². The molecule has 138 valence electrons. The summed E-state index contributed by atoms with van der Waals surface area (Å²) in [5.41, 5.74) is 4.69. The number of phenols is 1. The second-order valence-electron chi connectivity index (χ2n) is 6.07. The highest BCUT2D eigenvalue weighted by Gasteiger charge is 2.11. The average molecular weight is 364 g/mol. The fourth-order valence-corrected chi connectivity index (χ4v) is 2.53. The summed E-state index contributed by atoms with van der Waals surface area (Å²) in [7, 11) is 0. The van der Waals surface area contributed by atoms with E-state index in [1.165, 1.54) is 6.21 Å². The van der Waals surface area contributed by atoms with Crippen LogP contribution in [-0.4, -0.2) is 17.2 Å². The van der Waals surface area contributed by atoms with Gasteiger partial charge in [0.2, 0.25) is 0 Å².